The van der Waals surface area contributed by atoms with Crippen molar-refractivity contribution in [2.45, 2.75) is 43.4 Å². The van der Waals surface area contributed by atoms with Crippen LogP contribution in [0.1, 0.15) is 38.7 Å². The van der Waals surface area contributed by atoms with E-state index in [1.54, 1.807) is 12.1 Å². The number of carboxylic acids is 1. The Bertz CT molecular complexity index is 765. The van der Waals surface area contributed by atoms with E-state index in [2.05, 4.69) is 4.72 Å². The number of esters is 1. The molecule has 1 fully saturated rings. The molecule has 1 aliphatic carbocycles. The third kappa shape index (κ3) is 4.42. The van der Waals surface area contributed by atoms with Crippen molar-refractivity contribution in [1.29, 1.82) is 0 Å². The molecular formula is C18H25NO6S. The molecule has 2 N–H and O–H groups in total. The molecule has 26 heavy (non-hydrogen) atoms. The number of ether oxygens (including phenoxy) is 1. The Morgan fingerprint density at radius 1 is 1.23 bits per heavy atom. The molecule has 0 saturated heterocycles. The summed E-state index contributed by atoms with van der Waals surface area (Å²) in [7, 11) is -2.49. The molecule has 1 aromatic carbocycles. The van der Waals surface area contributed by atoms with Crippen LogP contribution in [-0.4, -0.2) is 39.1 Å². The van der Waals surface area contributed by atoms with E-state index in [0.717, 1.165) is 5.56 Å². The van der Waals surface area contributed by atoms with Gasteiger partial charge in [-0.15, -0.1) is 0 Å². The van der Waals surface area contributed by atoms with Crippen LogP contribution in [0.15, 0.2) is 29.2 Å². The highest BCUT2D eigenvalue weighted by atomic mass is 32.2. The van der Waals surface area contributed by atoms with Gasteiger partial charge in [0.05, 0.1) is 23.3 Å². The first-order valence-corrected chi connectivity index (χ1v) is 10.0. The van der Waals surface area contributed by atoms with Gasteiger partial charge in [-0.2, -0.15) is 0 Å². The number of carbonyl (C=O) groups excluding carboxylic acids is 1. The van der Waals surface area contributed by atoms with Crippen molar-refractivity contribution < 1.29 is 27.9 Å². The van der Waals surface area contributed by atoms with E-state index < -0.39 is 27.3 Å². The second-order valence-electron chi connectivity index (χ2n) is 7.11. The second kappa shape index (κ2) is 7.75. The molecule has 8 heteroatoms. The third-order valence-corrected chi connectivity index (χ3v) is 6.11. The maximum Gasteiger partial charge on any atom is 0.316 e. The van der Waals surface area contributed by atoms with Crippen molar-refractivity contribution in [3.8, 4) is 0 Å². The van der Waals surface area contributed by atoms with Crippen molar-refractivity contribution in [3.05, 3.63) is 29.8 Å². The molecule has 2 rings (SSSR count). The number of aliphatic carboxylic acids is 1. The molecule has 0 amide bonds. The van der Waals surface area contributed by atoms with Gasteiger partial charge in [0.2, 0.25) is 10.0 Å². The van der Waals surface area contributed by atoms with Crippen LogP contribution in [-0.2, 0) is 29.8 Å². The van der Waals surface area contributed by atoms with Crippen LogP contribution in [0.25, 0.3) is 0 Å². The van der Waals surface area contributed by atoms with Crippen LogP contribution in [0.4, 0.5) is 0 Å². The SMILES string of the molecule is COC(=O)C1(c2ccc(S(=O)(=O)NCC(CC(C)C)C(=O)O)cc2)CC1. The molecule has 0 spiro atoms. The topological polar surface area (TPSA) is 110 Å². The number of rotatable bonds is 9. The summed E-state index contributed by atoms with van der Waals surface area (Å²) in [5.74, 6) is -1.97. The lowest BCUT2D eigenvalue weighted by molar-refractivity contribution is -0.144. The molecule has 1 unspecified atom stereocenters. The Balaban J connectivity index is 2.10. The number of benzene rings is 1. The summed E-state index contributed by atoms with van der Waals surface area (Å²) in [5, 5.41) is 9.22. The molecule has 0 aromatic heterocycles. The lowest BCUT2D eigenvalue weighted by atomic mass is 9.96. The number of carbonyl (C=O) groups is 2. The van der Waals surface area contributed by atoms with E-state index in [1.165, 1.54) is 19.2 Å². The van der Waals surface area contributed by atoms with E-state index in [9.17, 15) is 23.1 Å². The minimum absolute atomic E-state index is 0.0376. The van der Waals surface area contributed by atoms with Crippen LogP contribution in [0.2, 0.25) is 0 Å². The Labute approximate surface area is 153 Å². The highest BCUT2D eigenvalue weighted by Gasteiger charge is 2.52. The average molecular weight is 383 g/mol. The number of hydrogen-bond acceptors (Lipinski definition) is 5. The first-order valence-electron chi connectivity index (χ1n) is 8.54. The summed E-state index contributed by atoms with van der Waals surface area (Å²) in [5.41, 5.74) is 0.0717. The van der Waals surface area contributed by atoms with Gasteiger partial charge in [0.1, 0.15) is 0 Å². The van der Waals surface area contributed by atoms with Gasteiger partial charge >= 0.3 is 11.9 Å². The standard InChI is InChI=1S/C18H25NO6S/c1-12(2)10-13(16(20)21)11-19-26(23,24)15-6-4-14(5-7-15)18(8-9-18)17(22)25-3/h4-7,12-13,19H,8-11H2,1-3H3,(H,20,21). The normalized spacial score (nSPS) is 16.9. The van der Waals surface area contributed by atoms with Gasteiger partial charge in [-0.3, -0.25) is 9.59 Å². The van der Waals surface area contributed by atoms with Gasteiger partial charge < -0.3 is 9.84 Å². The molecule has 0 heterocycles. The maximum atomic E-state index is 12.4. The van der Waals surface area contributed by atoms with Crippen molar-refractivity contribution in [3.63, 3.8) is 0 Å². The van der Waals surface area contributed by atoms with Crippen LogP contribution >= 0.6 is 0 Å². The number of methoxy groups -OCH3 is 1. The molecule has 1 saturated carbocycles. The Morgan fingerprint density at radius 2 is 1.81 bits per heavy atom. The molecule has 0 aliphatic heterocycles. The second-order valence-corrected chi connectivity index (χ2v) is 8.88. The van der Waals surface area contributed by atoms with Gasteiger partial charge in [-0.25, -0.2) is 13.1 Å². The largest absolute Gasteiger partial charge is 0.481 e. The summed E-state index contributed by atoms with van der Waals surface area (Å²) < 4.78 is 32.0. The van der Waals surface area contributed by atoms with Crippen LogP contribution < -0.4 is 4.72 Å². The smallest absolute Gasteiger partial charge is 0.316 e. The van der Waals surface area contributed by atoms with Crippen LogP contribution in [0.3, 0.4) is 0 Å². The Kier molecular flexibility index (Phi) is 6.08. The number of carboxylic acid groups (broad SMARTS) is 1. The highest BCUT2D eigenvalue weighted by molar-refractivity contribution is 7.89. The summed E-state index contributed by atoms with van der Waals surface area (Å²) in [6.07, 6.45) is 1.75. The van der Waals surface area contributed by atoms with E-state index in [-0.39, 0.29) is 23.3 Å². The van der Waals surface area contributed by atoms with Crippen LogP contribution in [0.5, 0.6) is 0 Å². The van der Waals surface area contributed by atoms with E-state index in [4.69, 9.17) is 4.74 Å². The van der Waals surface area contributed by atoms with Gasteiger partial charge in [-0.05, 0) is 42.9 Å². The zero-order chi connectivity index (χ0) is 19.5. The minimum Gasteiger partial charge on any atom is -0.481 e. The van der Waals surface area contributed by atoms with E-state index in [0.29, 0.717) is 19.3 Å². The average Bonchev–Trinajstić information content (AvgIpc) is 3.39. The Morgan fingerprint density at radius 3 is 2.23 bits per heavy atom. The fraction of sp³-hybridized carbons (Fsp3) is 0.556. The molecule has 1 aliphatic rings. The summed E-state index contributed by atoms with van der Waals surface area (Å²) in [6.45, 7) is 3.61. The van der Waals surface area contributed by atoms with Crippen molar-refractivity contribution in [2.24, 2.45) is 11.8 Å². The van der Waals surface area contributed by atoms with Gasteiger partial charge in [-0.1, -0.05) is 26.0 Å². The number of nitrogens with one attached hydrogen (secondary N) is 1. The fourth-order valence-electron chi connectivity index (χ4n) is 3.02. The molecule has 0 bridgehead atoms. The van der Waals surface area contributed by atoms with Crippen LogP contribution in [0, 0.1) is 11.8 Å². The van der Waals surface area contributed by atoms with E-state index in [1.807, 2.05) is 13.8 Å². The van der Waals surface area contributed by atoms with Crippen molar-refractivity contribution in [2.75, 3.05) is 13.7 Å². The molecular weight excluding hydrogens is 358 g/mol. The van der Waals surface area contributed by atoms with Crippen molar-refractivity contribution >= 4 is 22.0 Å². The zero-order valence-corrected chi connectivity index (χ0v) is 16.0. The Hall–Kier alpha value is -1.93. The minimum atomic E-state index is -3.82. The van der Waals surface area contributed by atoms with Gasteiger partial charge in [0.25, 0.3) is 0 Å². The lowest BCUT2D eigenvalue weighted by Crippen LogP contribution is -2.33. The quantitative estimate of drug-likeness (QED) is 0.631. The summed E-state index contributed by atoms with van der Waals surface area (Å²) >= 11 is 0. The number of hydrogen-bond donors (Lipinski definition) is 2. The maximum absolute atomic E-state index is 12.4. The summed E-state index contributed by atoms with van der Waals surface area (Å²) in [6, 6.07) is 6.08. The third-order valence-electron chi connectivity index (χ3n) is 4.67. The van der Waals surface area contributed by atoms with Crippen molar-refractivity contribution in [1.82, 2.24) is 4.72 Å². The molecule has 0 radical (unpaired) electrons. The first-order chi connectivity index (χ1) is 12.1. The van der Waals surface area contributed by atoms with E-state index >= 15 is 0 Å². The zero-order valence-electron chi connectivity index (χ0n) is 15.2. The predicted octanol–water partition coefficient (Wildman–Crippen LogP) is 1.92. The first kappa shape index (κ1) is 20.4. The lowest BCUT2D eigenvalue weighted by Gasteiger charge is -2.16. The molecule has 7 nitrogen and oxygen atoms in total. The predicted molar refractivity (Wildman–Crippen MR) is 95.1 cm³/mol. The number of sulfonamides is 1. The molecule has 1 atom stereocenters. The fourth-order valence-corrected chi connectivity index (χ4v) is 4.10. The van der Waals surface area contributed by atoms with Gasteiger partial charge in [0, 0.05) is 6.54 Å². The molecule has 144 valence electrons. The highest BCUT2D eigenvalue weighted by Crippen LogP contribution is 2.49. The monoisotopic (exact) mass is 383 g/mol. The van der Waals surface area contributed by atoms with Gasteiger partial charge in [0.15, 0.2) is 0 Å². The molecule has 1 aromatic rings. The summed E-state index contributed by atoms with van der Waals surface area (Å²) in [4.78, 5) is 23.2.